The van der Waals surface area contributed by atoms with Gasteiger partial charge in [0.05, 0.1) is 24.4 Å². The lowest BCUT2D eigenvalue weighted by molar-refractivity contribution is -0.153. The first-order valence-electron chi connectivity index (χ1n) is 12.5. The first kappa shape index (κ1) is 30.0. The molecule has 0 aromatic rings. The fourth-order valence-corrected chi connectivity index (χ4v) is 4.37. The van der Waals surface area contributed by atoms with E-state index in [4.69, 9.17) is 9.47 Å². The van der Waals surface area contributed by atoms with Crippen LogP contribution in [-0.2, 0) is 14.3 Å². The van der Waals surface area contributed by atoms with Crippen molar-refractivity contribution in [1.82, 2.24) is 5.32 Å². The van der Waals surface area contributed by atoms with Gasteiger partial charge in [-0.15, -0.1) is 0 Å². The average molecular weight is 474 g/mol. The van der Waals surface area contributed by atoms with E-state index >= 15 is 0 Å². The molecule has 8 heteroatoms. The van der Waals surface area contributed by atoms with Crippen molar-refractivity contribution in [1.29, 1.82) is 0 Å². The van der Waals surface area contributed by atoms with Crippen molar-refractivity contribution in [2.24, 2.45) is 11.8 Å². The summed E-state index contributed by atoms with van der Waals surface area (Å²) in [4.78, 5) is 12.6. The first-order chi connectivity index (χ1) is 15.6. The second kappa shape index (κ2) is 15.8. The van der Waals surface area contributed by atoms with Crippen molar-refractivity contribution < 1.29 is 34.7 Å². The first-order valence-corrected chi connectivity index (χ1v) is 12.5. The minimum absolute atomic E-state index is 0.0301. The molecule has 0 bridgehead atoms. The Morgan fingerprint density at radius 3 is 2.45 bits per heavy atom. The molecule has 0 aromatic carbocycles. The molecule has 0 saturated carbocycles. The molecule has 1 heterocycles. The summed E-state index contributed by atoms with van der Waals surface area (Å²) in [6, 6.07) is 0. The topological polar surface area (TPSA) is 128 Å². The molecule has 194 valence electrons. The van der Waals surface area contributed by atoms with Gasteiger partial charge in [-0.2, -0.15) is 0 Å². The van der Waals surface area contributed by atoms with Crippen molar-refractivity contribution in [2.75, 3.05) is 6.79 Å². The fourth-order valence-electron chi connectivity index (χ4n) is 4.37. The van der Waals surface area contributed by atoms with Gasteiger partial charge in [-0.3, -0.25) is 4.79 Å². The Balaban J connectivity index is 2.53. The number of nitrogens with one attached hydrogen (secondary N) is 1. The molecule has 5 N–H and O–H groups in total. The van der Waals surface area contributed by atoms with Crippen LogP contribution >= 0.6 is 0 Å². The molecule has 0 aromatic heterocycles. The normalized spacial score (nSPS) is 25.8. The number of aliphatic hydroxyl groups is 4. The summed E-state index contributed by atoms with van der Waals surface area (Å²) in [5, 5.41) is 43.0. The van der Waals surface area contributed by atoms with Crippen LogP contribution in [0.5, 0.6) is 0 Å². The largest absolute Gasteiger partial charge is 0.393 e. The van der Waals surface area contributed by atoms with Gasteiger partial charge in [0.2, 0.25) is 0 Å². The van der Waals surface area contributed by atoms with Crippen molar-refractivity contribution in [3.8, 4) is 0 Å². The maximum atomic E-state index is 12.6. The van der Waals surface area contributed by atoms with E-state index in [0.29, 0.717) is 38.5 Å². The van der Waals surface area contributed by atoms with E-state index in [9.17, 15) is 25.2 Å². The molecule has 1 rings (SSSR count). The third-order valence-corrected chi connectivity index (χ3v) is 6.91. The molecular weight excluding hydrogens is 426 g/mol. The number of carbonyl (C=O) groups excluding carboxylic acids is 1. The van der Waals surface area contributed by atoms with E-state index in [1.165, 1.54) is 0 Å². The third-order valence-electron chi connectivity index (χ3n) is 6.91. The predicted octanol–water partition coefficient (Wildman–Crippen LogP) is 2.62. The van der Waals surface area contributed by atoms with Crippen LogP contribution in [0.2, 0.25) is 0 Å². The monoisotopic (exact) mass is 473 g/mol. The van der Waals surface area contributed by atoms with Gasteiger partial charge in [0.25, 0.3) is 5.91 Å². The lowest BCUT2D eigenvalue weighted by Crippen LogP contribution is -2.50. The number of aliphatic hydroxyl groups excluding tert-OH is 4. The van der Waals surface area contributed by atoms with Gasteiger partial charge in [-0.05, 0) is 51.4 Å². The molecule has 8 atom stereocenters. The Morgan fingerprint density at radius 1 is 1.18 bits per heavy atom. The molecular formula is C25H47NO7. The molecule has 3 unspecified atom stereocenters. The maximum absolute atomic E-state index is 12.6. The highest BCUT2D eigenvalue weighted by molar-refractivity contribution is 5.81. The van der Waals surface area contributed by atoms with Crippen LogP contribution in [0.25, 0.3) is 0 Å². The van der Waals surface area contributed by atoms with Gasteiger partial charge in [0.1, 0.15) is 13.0 Å². The van der Waals surface area contributed by atoms with Gasteiger partial charge < -0.3 is 35.2 Å². The Labute approximate surface area is 199 Å². The summed E-state index contributed by atoms with van der Waals surface area (Å²) in [5.74, 6) is -0.418. The van der Waals surface area contributed by atoms with Gasteiger partial charge in [0.15, 0.2) is 6.10 Å². The molecule has 8 nitrogen and oxygen atoms in total. The zero-order chi connectivity index (χ0) is 25.0. The zero-order valence-corrected chi connectivity index (χ0v) is 20.9. The maximum Gasteiger partial charge on any atom is 0.253 e. The molecule has 1 amide bonds. The minimum atomic E-state index is -1.36. The van der Waals surface area contributed by atoms with Crippen molar-refractivity contribution >= 4 is 5.91 Å². The second-order valence-corrected chi connectivity index (χ2v) is 9.47. The van der Waals surface area contributed by atoms with Gasteiger partial charge in [0, 0.05) is 5.92 Å². The number of carbonyl (C=O) groups is 1. The molecule has 0 radical (unpaired) electrons. The van der Waals surface area contributed by atoms with Gasteiger partial charge in [-0.25, -0.2) is 0 Å². The molecule has 1 aliphatic rings. The van der Waals surface area contributed by atoms with E-state index in [0.717, 1.165) is 24.8 Å². The number of rotatable bonds is 16. The number of hydrogen-bond donors (Lipinski definition) is 5. The zero-order valence-electron chi connectivity index (χ0n) is 20.9. The molecule has 0 spiro atoms. The molecule has 33 heavy (non-hydrogen) atoms. The van der Waals surface area contributed by atoms with Crippen LogP contribution in [0.15, 0.2) is 12.2 Å². The highest BCUT2D eigenvalue weighted by atomic mass is 16.6. The summed E-state index contributed by atoms with van der Waals surface area (Å²) < 4.78 is 11.0. The fraction of sp³-hybridized carbons (Fsp3) is 0.880. The van der Waals surface area contributed by atoms with Crippen molar-refractivity contribution in [3.05, 3.63) is 12.2 Å². The van der Waals surface area contributed by atoms with Crippen LogP contribution in [0.1, 0.15) is 85.5 Å². The van der Waals surface area contributed by atoms with Crippen molar-refractivity contribution in [3.63, 3.8) is 0 Å². The number of hydrogen-bond acceptors (Lipinski definition) is 7. The highest BCUT2D eigenvalue weighted by Crippen LogP contribution is 2.30. The summed E-state index contributed by atoms with van der Waals surface area (Å²) in [6.45, 7) is 11.4. The second-order valence-electron chi connectivity index (χ2n) is 9.47. The predicted molar refractivity (Wildman–Crippen MR) is 127 cm³/mol. The van der Waals surface area contributed by atoms with E-state index in [-0.39, 0.29) is 17.9 Å². The van der Waals surface area contributed by atoms with Crippen LogP contribution < -0.4 is 5.32 Å². The Hall–Kier alpha value is -1.03. The number of unbranched alkanes of at least 4 members (excludes halogenated alkanes) is 1. The molecule has 1 saturated heterocycles. The lowest BCUT2D eigenvalue weighted by atomic mass is 9.88. The van der Waals surface area contributed by atoms with Gasteiger partial charge in [-0.1, -0.05) is 52.2 Å². The Bertz CT molecular complexity index is 573. The van der Waals surface area contributed by atoms with Crippen LogP contribution in [0, 0.1) is 11.8 Å². The highest BCUT2D eigenvalue weighted by Gasteiger charge is 2.36. The Kier molecular flexibility index (Phi) is 14.4. The number of ether oxygens (including phenoxy) is 2. The van der Waals surface area contributed by atoms with E-state index in [1.54, 1.807) is 0 Å². The summed E-state index contributed by atoms with van der Waals surface area (Å²) in [6.07, 6.45) is 1.94. The lowest BCUT2D eigenvalue weighted by Gasteiger charge is -2.36. The third kappa shape index (κ3) is 10.4. The van der Waals surface area contributed by atoms with Crippen LogP contribution in [0.3, 0.4) is 0 Å². The van der Waals surface area contributed by atoms with E-state index in [2.05, 4.69) is 18.8 Å². The summed E-state index contributed by atoms with van der Waals surface area (Å²) >= 11 is 0. The molecule has 0 aliphatic carbocycles. The molecule has 1 fully saturated rings. The summed E-state index contributed by atoms with van der Waals surface area (Å²) in [7, 11) is 0. The average Bonchev–Trinajstić information content (AvgIpc) is 2.77. The molecule has 1 aliphatic heterocycles. The minimum Gasteiger partial charge on any atom is -0.393 e. The summed E-state index contributed by atoms with van der Waals surface area (Å²) in [5.41, 5.74) is 0.942. The smallest absolute Gasteiger partial charge is 0.253 e. The Morgan fingerprint density at radius 2 is 1.88 bits per heavy atom. The standard InChI is InChI=1S/C25H47NO7/c1-6-8-11-20(28)14-21(29)19(7-2)10-9-12-23(32-15-27)26-25(31)24(30)22-13-16(3)17(4)18(5)33-22/h17-24,27-30H,3,6-15H2,1-2,4-5H3,(H,26,31)/t17-,18-,19-,20-,21?,22?,23+,24?/m1/s1. The SMILES string of the molecule is C=C1CC(C(O)C(=O)N[C@H](CCC[C@@H](CC)C(O)C[C@H](O)CCCC)OCO)O[C@H](C)[C@@H]1C. The van der Waals surface area contributed by atoms with Crippen LogP contribution in [-0.4, -0.2) is 69.9 Å². The number of amides is 1. The van der Waals surface area contributed by atoms with Gasteiger partial charge >= 0.3 is 0 Å². The quantitative estimate of drug-likeness (QED) is 0.172. The van der Waals surface area contributed by atoms with Crippen molar-refractivity contribution in [2.45, 2.75) is 122 Å². The van der Waals surface area contributed by atoms with E-state index < -0.39 is 43.3 Å². The van der Waals surface area contributed by atoms with E-state index in [1.807, 2.05) is 20.8 Å². The van der Waals surface area contributed by atoms with Crippen LogP contribution in [0.4, 0.5) is 0 Å².